The van der Waals surface area contributed by atoms with Gasteiger partial charge < -0.3 is 4.52 Å². The highest BCUT2D eigenvalue weighted by atomic mass is 19.1. The monoisotopic (exact) mass is 532 g/mol. The van der Waals surface area contributed by atoms with E-state index in [1.165, 1.54) is 49.8 Å². The zero-order chi connectivity index (χ0) is 27.0. The van der Waals surface area contributed by atoms with Gasteiger partial charge >= 0.3 is 0 Å². The van der Waals surface area contributed by atoms with E-state index in [0.717, 1.165) is 38.1 Å². The average molecular weight is 533 g/mol. The molecule has 2 aromatic carbocycles. The molecule has 1 aliphatic heterocycles. The summed E-state index contributed by atoms with van der Waals surface area (Å²) in [6, 6.07) is 15.4. The first-order valence-corrected chi connectivity index (χ1v) is 14.1. The van der Waals surface area contributed by atoms with Crippen LogP contribution in [0.15, 0.2) is 59.1 Å². The molecule has 2 aliphatic carbocycles. The Morgan fingerprint density at radius 3 is 2.36 bits per heavy atom. The molecule has 2 saturated carbocycles. The van der Waals surface area contributed by atoms with Crippen LogP contribution in [-0.4, -0.2) is 40.8 Å². The summed E-state index contributed by atoms with van der Waals surface area (Å²) in [5.41, 5.74) is 0.897. The Morgan fingerprint density at radius 1 is 0.923 bits per heavy atom. The maximum absolute atomic E-state index is 14.3. The summed E-state index contributed by atoms with van der Waals surface area (Å²) in [5, 5.41) is 3.91. The second-order valence-electron chi connectivity index (χ2n) is 12.0. The Balaban J connectivity index is 1.17. The Kier molecular flexibility index (Phi) is 6.96. The normalized spacial score (nSPS) is 20.4. The van der Waals surface area contributed by atoms with Gasteiger partial charge in [-0.3, -0.25) is 14.5 Å². The van der Waals surface area contributed by atoms with Gasteiger partial charge in [0.2, 0.25) is 0 Å². The molecule has 0 N–H and O–H groups in total. The fraction of sp³-hybridized carbons (Fsp3) is 0.469. The number of carbonyl (C=O) groups is 2. The van der Waals surface area contributed by atoms with Crippen LogP contribution in [0.25, 0.3) is 11.3 Å². The summed E-state index contributed by atoms with van der Waals surface area (Å²) in [6.45, 7) is 1.45. The minimum absolute atomic E-state index is 0.0515. The van der Waals surface area contributed by atoms with Crippen molar-refractivity contribution < 1.29 is 22.9 Å². The van der Waals surface area contributed by atoms with Crippen molar-refractivity contribution >= 4 is 11.6 Å². The van der Waals surface area contributed by atoms with E-state index in [0.29, 0.717) is 18.9 Å². The second-order valence-corrected chi connectivity index (χ2v) is 12.0. The Morgan fingerprint density at radius 2 is 1.67 bits per heavy atom. The molecule has 2 heterocycles. The van der Waals surface area contributed by atoms with Crippen LogP contribution in [0.3, 0.4) is 0 Å². The van der Waals surface area contributed by atoms with E-state index in [1.807, 2.05) is 18.2 Å². The van der Waals surface area contributed by atoms with E-state index in [4.69, 9.17) is 4.52 Å². The van der Waals surface area contributed by atoms with Crippen molar-refractivity contribution in [3.05, 3.63) is 77.5 Å². The lowest BCUT2D eigenvalue weighted by Crippen LogP contribution is -2.61. The fourth-order valence-corrected chi connectivity index (χ4v) is 6.83. The Hall–Kier alpha value is -3.19. The van der Waals surface area contributed by atoms with Crippen molar-refractivity contribution in [2.24, 2.45) is 5.41 Å². The van der Waals surface area contributed by atoms with Gasteiger partial charge in [-0.15, -0.1) is 0 Å². The highest BCUT2D eigenvalue weighted by molar-refractivity contribution is 5.96. The quantitative estimate of drug-likeness (QED) is 0.266. The van der Waals surface area contributed by atoms with Gasteiger partial charge in [0, 0.05) is 61.4 Å². The van der Waals surface area contributed by atoms with Crippen molar-refractivity contribution in [3.8, 4) is 11.3 Å². The predicted octanol–water partition coefficient (Wildman–Crippen LogP) is 6.91. The van der Waals surface area contributed by atoms with Crippen molar-refractivity contribution in [2.75, 3.05) is 13.1 Å². The van der Waals surface area contributed by atoms with Crippen molar-refractivity contribution in [1.82, 2.24) is 10.1 Å². The molecular weight excluding hydrogens is 498 g/mol. The number of carbonyl (C=O) groups excluding carboxylic acids is 2. The molecule has 3 aliphatic rings. The van der Waals surface area contributed by atoms with Crippen LogP contribution in [0.5, 0.6) is 0 Å². The SMILES string of the molecule is O=C(CC1(CC(=O)c2cc(-c3ccc(F)cc3F)on2)CN(C2CCCCC2)C1)CC1(c2ccccc2)CC1. The lowest BCUT2D eigenvalue weighted by Gasteiger charge is -2.54. The molecule has 7 heteroatoms. The number of Topliss-reactive ketones (excluding diaryl/α,β-unsaturated/α-hetero) is 2. The van der Waals surface area contributed by atoms with Crippen molar-refractivity contribution in [2.45, 2.75) is 75.7 Å². The molecule has 0 spiro atoms. The second kappa shape index (κ2) is 10.4. The van der Waals surface area contributed by atoms with E-state index in [1.54, 1.807) is 0 Å². The van der Waals surface area contributed by atoms with Gasteiger partial charge in [-0.2, -0.15) is 0 Å². The number of benzene rings is 2. The van der Waals surface area contributed by atoms with Crippen molar-refractivity contribution in [1.29, 1.82) is 0 Å². The molecule has 0 atom stereocenters. The van der Waals surface area contributed by atoms with Crippen LogP contribution in [-0.2, 0) is 10.2 Å². The van der Waals surface area contributed by atoms with Gasteiger partial charge in [0.25, 0.3) is 0 Å². The van der Waals surface area contributed by atoms with Crippen LogP contribution in [0.2, 0.25) is 0 Å². The number of hydrogen-bond donors (Lipinski definition) is 0. The van der Waals surface area contributed by atoms with E-state index in [2.05, 4.69) is 22.2 Å². The number of hydrogen-bond acceptors (Lipinski definition) is 5. The minimum Gasteiger partial charge on any atom is -0.355 e. The Bertz CT molecular complexity index is 1350. The maximum atomic E-state index is 14.3. The van der Waals surface area contributed by atoms with E-state index < -0.39 is 17.0 Å². The summed E-state index contributed by atoms with van der Waals surface area (Å²) >= 11 is 0. The molecule has 3 aromatic rings. The molecule has 0 radical (unpaired) electrons. The number of ketones is 2. The molecule has 39 heavy (non-hydrogen) atoms. The van der Waals surface area contributed by atoms with Crippen LogP contribution in [0, 0.1) is 17.0 Å². The first-order chi connectivity index (χ1) is 18.8. The van der Waals surface area contributed by atoms with Gasteiger partial charge in [-0.05, 0) is 43.4 Å². The summed E-state index contributed by atoms with van der Waals surface area (Å²) in [7, 11) is 0. The number of rotatable bonds is 10. The van der Waals surface area contributed by atoms with E-state index in [9.17, 15) is 18.4 Å². The highest BCUT2D eigenvalue weighted by Crippen LogP contribution is 2.52. The smallest absolute Gasteiger partial charge is 0.185 e. The molecule has 5 nitrogen and oxygen atoms in total. The molecule has 1 aromatic heterocycles. The predicted molar refractivity (Wildman–Crippen MR) is 143 cm³/mol. The minimum atomic E-state index is -0.776. The van der Waals surface area contributed by atoms with Crippen LogP contribution in [0.1, 0.15) is 80.3 Å². The van der Waals surface area contributed by atoms with Crippen LogP contribution < -0.4 is 0 Å². The summed E-state index contributed by atoms with van der Waals surface area (Å²) < 4.78 is 32.9. The molecule has 3 fully saturated rings. The topological polar surface area (TPSA) is 63.4 Å². The largest absolute Gasteiger partial charge is 0.355 e. The molecular formula is C32H34F2N2O3. The first kappa shape index (κ1) is 26.1. The highest BCUT2D eigenvalue weighted by Gasteiger charge is 2.51. The maximum Gasteiger partial charge on any atom is 0.185 e. The molecule has 204 valence electrons. The number of likely N-dealkylation sites (tertiary alicyclic amines) is 1. The number of halogens is 2. The van der Waals surface area contributed by atoms with E-state index >= 15 is 0 Å². The van der Waals surface area contributed by atoms with E-state index in [-0.39, 0.29) is 40.4 Å². The summed E-state index contributed by atoms with van der Waals surface area (Å²) in [5.74, 6) is -1.39. The average Bonchev–Trinajstić information content (AvgIpc) is 3.52. The molecule has 1 saturated heterocycles. The molecule has 6 rings (SSSR count). The Labute approximate surface area is 227 Å². The number of aromatic nitrogens is 1. The summed E-state index contributed by atoms with van der Waals surface area (Å²) in [6.07, 6.45) is 9.18. The number of nitrogens with zero attached hydrogens (tertiary/aromatic N) is 2. The summed E-state index contributed by atoms with van der Waals surface area (Å²) in [4.78, 5) is 29.4. The third-order valence-electron chi connectivity index (χ3n) is 9.04. The zero-order valence-corrected chi connectivity index (χ0v) is 22.1. The third kappa shape index (κ3) is 5.46. The molecule has 0 bridgehead atoms. The standard InChI is InChI=1S/C32H34F2N2O3/c33-23-11-12-26(27(34)15-23)30-16-28(35-39-30)29(38)19-31(20-36(21-31)24-9-5-2-6-10-24)17-25(37)18-32(13-14-32)22-7-3-1-4-8-22/h1,3-4,7-8,11-12,15-16,24H,2,5-6,9-10,13-14,17-21H2. The molecule has 0 unspecified atom stereocenters. The fourth-order valence-electron chi connectivity index (χ4n) is 6.83. The lowest BCUT2D eigenvalue weighted by molar-refractivity contribution is -0.127. The lowest BCUT2D eigenvalue weighted by atomic mass is 9.69. The van der Waals surface area contributed by atoms with Gasteiger partial charge in [0.1, 0.15) is 23.1 Å². The van der Waals surface area contributed by atoms with Crippen molar-refractivity contribution in [3.63, 3.8) is 0 Å². The third-order valence-corrected chi connectivity index (χ3v) is 9.04. The molecule has 0 amide bonds. The zero-order valence-electron chi connectivity index (χ0n) is 22.1. The van der Waals surface area contributed by atoms with Gasteiger partial charge in [0.15, 0.2) is 11.5 Å². The van der Waals surface area contributed by atoms with Gasteiger partial charge in [-0.1, -0.05) is 54.8 Å². The van der Waals surface area contributed by atoms with Crippen LogP contribution in [0.4, 0.5) is 8.78 Å². The first-order valence-electron chi connectivity index (χ1n) is 14.1. The van der Waals surface area contributed by atoms with Gasteiger partial charge in [0.05, 0.1) is 5.56 Å². The van der Waals surface area contributed by atoms with Gasteiger partial charge in [-0.25, -0.2) is 8.78 Å². The van der Waals surface area contributed by atoms with Crippen LogP contribution >= 0.6 is 0 Å².